The minimum absolute atomic E-state index is 0.111. The molecule has 4 heteroatoms. The van der Waals surface area contributed by atoms with Crippen molar-refractivity contribution >= 4 is 22.6 Å². The zero-order chi connectivity index (χ0) is 10.1. The second kappa shape index (κ2) is 3.86. The van der Waals surface area contributed by atoms with Crippen LogP contribution in [-0.2, 0) is 10.8 Å². The zero-order valence-corrected chi connectivity index (χ0v) is 10.2. The molecular weight excluding hydrogens is 283 g/mol. The Kier molecular flexibility index (Phi) is 3.21. The van der Waals surface area contributed by atoms with Crippen molar-refractivity contribution in [1.82, 2.24) is 0 Å². The topological polar surface area (TPSA) is 43.4 Å². The average molecular weight is 296 g/mol. The van der Waals surface area contributed by atoms with Crippen LogP contribution in [-0.4, -0.2) is 0 Å². The maximum atomic E-state index is 10.8. The van der Waals surface area contributed by atoms with Crippen molar-refractivity contribution in [2.24, 2.45) is 5.41 Å². The van der Waals surface area contributed by atoms with Gasteiger partial charge in [-0.3, -0.25) is 0 Å². The van der Waals surface area contributed by atoms with E-state index in [1.807, 2.05) is 0 Å². The van der Waals surface area contributed by atoms with Gasteiger partial charge in [0.05, 0.1) is 4.43 Å². The van der Waals surface area contributed by atoms with E-state index in [2.05, 4.69) is 43.4 Å². The molecule has 0 radical (unpaired) electrons. The van der Waals surface area contributed by atoms with E-state index in [1.54, 1.807) is 0 Å². The first-order valence-electron chi connectivity index (χ1n) is 4.10. The molecule has 0 aliphatic rings. The Balaban J connectivity index is 2.94. The van der Waals surface area contributed by atoms with Crippen LogP contribution in [0.15, 0.2) is 13.6 Å². The molecule has 0 saturated carbocycles. The Labute approximate surface area is 90.6 Å². The van der Waals surface area contributed by atoms with Gasteiger partial charge in [-0.05, 0) is 5.41 Å². The third kappa shape index (κ3) is 3.17. The number of rotatable bonds is 2. The fraction of sp³-hybridized carbons (Fsp3) is 0.667. The molecule has 0 aliphatic carbocycles. The monoisotopic (exact) mass is 296 g/mol. The summed E-state index contributed by atoms with van der Waals surface area (Å²) in [6.07, 6.45) is 0.733. The molecule has 0 saturated heterocycles. The molecule has 0 amide bonds. The minimum atomic E-state index is -0.592. The van der Waals surface area contributed by atoms with Gasteiger partial charge in [0, 0.05) is 6.42 Å². The lowest BCUT2D eigenvalue weighted by atomic mass is 9.91. The van der Waals surface area contributed by atoms with E-state index in [1.165, 1.54) is 0 Å². The summed E-state index contributed by atoms with van der Waals surface area (Å²) < 4.78 is 10.5. The predicted molar refractivity (Wildman–Crippen MR) is 58.1 cm³/mol. The van der Waals surface area contributed by atoms with Gasteiger partial charge >= 0.3 is 5.82 Å². The van der Waals surface area contributed by atoms with E-state index in [0.717, 1.165) is 6.42 Å². The van der Waals surface area contributed by atoms with Gasteiger partial charge in [0.25, 0.3) is 0 Å². The normalized spacial score (nSPS) is 12.0. The summed E-state index contributed by atoms with van der Waals surface area (Å²) in [5.41, 5.74) is 0.111. The smallest absolute Gasteiger partial charge is 0.396 e. The van der Waals surface area contributed by atoms with Gasteiger partial charge in [0.1, 0.15) is 0 Å². The van der Waals surface area contributed by atoms with E-state index in [0.29, 0.717) is 15.9 Å². The van der Waals surface area contributed by atoms with E-state index >= 15 is 0 Å². The summed E-state index contributed by atoms with van der Waals surface area (Å²) in [4.78, 5) is 10.8. The molecule has 0 atom stereocenters. The molecule has 0 aromatic carbocycles. The van der Waals surface area contributed by atoms with E-state index in [9.17, 15) is 4.79 Å². The fourth-order valence-electron chi connectivity index (χ4n) is 1.05. The summed E-state index contributed by atoms with van der Waals surface area (Å²) in [5.74, 6) is 0.762. The molecule has 0 N–H and O–H groups in total. The van der Waals surface area contributed by atoms with Crippen LogP contribution in [0.25, 0.3) is 0 Å². The molecule has 0 aliphatic heterocycles. The van der Waals surface area contributed by atoms with Crippen molar-refractivity contribution in [1.29, 1.82) is 0 Å². The molecule has 1 aromatic rings. The zero-order valence-electron chi connectivity index (χ0n) is 8.02. The van der Waals surface area contributed by atoms with Gasteiger partial charge < -0.3 is 8.83 Å². The third-order valence-electron chi connectivity index (χ3n) is 1.54. The maximum absolute atomic E-state index is 10.8. The Morgan fingerprint density at radius 3 is 2.23 bits per heavy atom. The van der Waals surface area contributed by atoms with Crippen LogP contribution in [0.1, 0.15) is 32.3 Å². The van der Waals surface area contributed by atoms with Crippen LogP contribution in [0.3, 0.4) is 0 Å². The summed E-state index contributed by atoms with van der Waals surface area (Å²) in [5, 5.41) is 0. The predicted octanol–water partition coefficient (Wildman–Crippen LogP) is 2.76. The highest BCUT2D eigenvalue weighted by molar-refractivity contribution is 14.1. The van der Waals surface area contributed by atoms with Gasteiger partial charge in [-0.25, -0.2) is 4.79 Å². The highest BCUT2D eigenvalue weighted by Crippen LogP contribution is 2.23. The van der Waals surface area contributed by atoms with Gasteiger partial charge in [0.2, 0.25) is 0 Å². The summed E-state index contributed by atoms with van der Waals surface area (Å²) in [6, 6.07) is 0. The lowest BCUT2D eigenvalue weighted by molar-refractivity contribution is 0.335. The molecule has 1 rings (SSSR count). The van der Waals surface area contributed by atoms with Crippen LogP contribution in [0.5, 0.6) is 0 Å². The highest BCUT2D eigenvalue weighted by Gasteiger charge is 2.19. The van der Waals surface area contributed by atoms with Crippen LogP contribution in [0.2, 0.25) is 0 Å². The van der Waals surface area contributed by atoms with Crippen molar-refractivity contribution in [3.63, 3.8) is 0 Å². The Hall–Kier alpha value is -0.260. The van der Waals surface area contributed by atoms with Crippen molar-refractivity contribution in [2.75, 3.05) is 0 Å². The second-order valence-electron chi connectivity index (χ2n) is 4.17. The first-order chi connectivity index (χ1) is 5.92. The number of hydrogen-bond acceptors (Lipinski definition) is 3. The van der Waals surface area contributed by atoms with E-state index in [4.69, 9.17) is 8.83 Å². The molecule has 3 nitrogen and oxygen atoms in total. The summed E-state index contributed by atoms with van der Waals surface area (Å²) in [6.45, 7) is 6.28. The standard InChI is InChI=1S/C9H13IO3/c1-9(2,3)4-6-7(5-10)13-8(11)12-6/h4-5H2,1-3H3. The van der Waals surface area contributed by atoms with E-state index < -0.39 is 5.82 Å². The Bertz CT molecular complexity index is 329. The highest BCUT2D eigenvalue weighted by atomic mass is 127. The van der Waals surface area contributed by atoms with Crippen LogP contribution < -0.4 is 5.82 Å². The molecule has 1 heterocycles. The van der Waals surface area contributed by atoms with Gasteiger partial charge in [-0.15, -0.1) is 0 Å². The molecule has 0 fully saturated rings. The van der Waals surface area contributed by atoms with Gasteiger partial charge in [-0.2, -0.15) is 0 Å². The number of halogens is 1. The fourth-order valence-corrected chi connectivity index (χ4v) is 1.64. The molecule has 13 heavy (non-hydrogen) atoms. The number of hydrogen-bond donors (Lipinski definition) is 0. The van der Waals surface area contributed by atoms with Crippen LogP contribution in [0.4, 0.5) is 0 Å². The van der Waals surface area contributed by atoms with Crippen molar-refractivity contribution in [2.45, 2.75) is 31.6 Å². The lowest BCUT2D eigenvalue weighted by Gasteiger charge is -2.15. The van der Waals surface area contributed by atoms with Crippen LogP contribution >= 0.6 is 22.6 Å². The molecular formula is C9H13IO3. The second-order valence-corrected chi connectivity index (χ2v) is 4.93. The first-order valence-corrected chi connectivity index (χ1v) is 5.62. The van der Waals surface area contributed by atoms with E-state index in [-0.39, 0.29) is 5.41 Å². The molecule has 0 bridgehead atoms. The molecule has 0 spiro atoms. The SMILES string of the molecule is CC(C)(C)Cc1oc(=O)oc1CI. The maximum Gasteiger partial charge on any atom is 0.519 e. The molecule has 1 aromatic heterocycles. The minimum Gasteiger partial charge on any atom is -0.396 e. The van der Waals surface area contributed by atoms with Crippen LogP contribution in [0, 0.1) is 5.41 Å². The quantitative estimate of drug-likeness (QED) is 0.622. The molecule has 0 unspecified atom stereocenters. The summed E-state index contributed by atoms with van der Waals surface area (Å²) in [7, 11) is 0. The average Bonchev–Trinajstić information content (AvgIpc) is 2.27. The Morgan fingerprint density at radius 1 is 1.23 bits per heavy atom. The van der Waals surface area contributed by atoms with Gasteiger partial charge in [-0.1, -0.05) is 43.4 Å². The van der Waals surface area contributed by atoms with Crippen molar-refractivity contribution in [3.8, 4) is 0 Å². The van der Waals surface area contributed by atoms with Crippen molar-refractivity contribution < 1.29 is 8.83 Å². The molecule has 74 valence electrons. The van der Waals surface area contributed by atoms with Gasteiger partial charge in [0.15, 0.2) is 11.5 Å². The number of alkyl halides is 1. The summed E-state index contributed by atoms with van der Waals surface area (Å²) >= 11 is 2.15. The first kappa shape index (κ1) is 10.8. The Morgan fingerprint density at radius 2 is 1.77 bits per heavy atom. The van der Waals surface area contributed by atoms with Crippen molar-refractivity contribution in [3.05, 3.63) is 22.1 Å². The third-order valence-corrected chi connectivity index (χ3v) is 2.23. The largest absolute Gasteiger partial charge is 0.519 e. The lowest BCUT2D eigenvalue weighted by Crippen LogP contribution is -2.09.